The molecule has 1 aromatic carbocycles. The number of imide groups is 1. The van der Waals surface area contributed by atoms with Gasteiger partial charge in [-0.25, -0.2) is 0 Å². The molecular formula is C13H11BrN2O2Se. The molecule has 0 saturated carbocycles. The van der Waals surface area contributed by atoms with E-state index in [1.54, 1.807) is 12.1 Å². The Morgan fingerprint density at radius 3 is 2.79 bits per heavy atom. The number of hydrogen-bond acceptors (Lipinski definition) is 3. The van der Waals surface area contributed by atoms with Gasteiger partial charge in [-0.3, -0.25) is 0 Å². The van der Waals surface area contributed by atoms with Crippen LogP contribution in [-0.4, -0.2) is 38.7 Å². The van der Waals surface area contributed by atoms with E-state index >= 15 is 0 Å². The summed E-state index contributed by atoms with van der Waals surface area (Å²) in [5, 5.41) is 9.26. The maximum atomic E-state index is 12.4. The Balaban J connectivity index is 2.67. The molecule has 0 N–H and O–H groups in total. The van der Waals surface area contributed by atoms with Crippen LogP contribution in [0.1, 0.15) is 22.8 Å². The number of nitrogens with zero attached hydrogens (tertiary/aromatic N) is 2. The summed E-state index contributed by atoms with van der Waals surface area (Å²) in [6, 6.07) is 5.40. The van der Waals surface area contributed by atoms with Crippen molar-refractivity contribution in [3.8, 4) is 4.97 Å². The number of rotatable bonds is 2. The van der Waals surface area contributed by atoms with Gasteiger partial charge in [0.25, 0.3) is 0 Å². The summed E-state index contributed by atoms with van der Waals surface area (Å²) in [6.45, 7) is 1.81. The standard InChI is InChI=1S/C13H11BrN2O2Se/c1-13(6-19-7-15)8-4-3-5-9(14)10(8)11(17)16(2)12(13)18/h3-5H,6H2,1-2H3. The molecule has 0 bridgehead atoms. The van der Waals surface area contributed by atoms with Gasteiger partial charge in [-0.1, -0.05) is 0 Å². The summed E-state index contributed by atoms with van der Waals surface area (Å²) in [6.07, 6.45) is 0. The summed E-state index contributed by atoms with van der Waals surface area (Å²) in [5.74, 6) is -0.533. The predicted octanol–water partition coefficient (Wildman–Crippen LogP) is 1.92. The summed E-state index contributed by atoms with van der Waals surface area (Å²) in [5.41, 5.74) is 0.449. The van der Waals surface area contributed by atoms with Gasteiger partial charge in [-0.05, 0) is 0 Å². The molecule has 1 aliphatic heterocycles. The molecule has 0 spiro atoms. The first-order valence-electron chi connectivity index (χ1n) is 5.56. The van der Waals surface area contributed by atoms with Gasteiger partial charge in [0, 0.05) is 0 Å². The molecule has 1 heterocycles. The molecule has 2 amide bonds. The molecule has 1 unspecified atom stereocenters. The normalized spacial score (nSPS) is 22.1. The first kappa shape index (κ1) is 14.3. The molecule has 0 aromatic heterocycles. The second kappa shape index (κ2) is 5.09. The minimum atomic E-state index is -0.794. The molecule has 19 heavy (non-hydrogen) atoms. The third-order valence-corrected chi connectivity index (χ3v) is 5.77. The molecular weight excluding hydrogens is 375 g/mol. The third kappa shape index (κ3) is 2.12. The van der Waals surface area contributed by atoms with E-state index in [1.165, 1.54) is 7.05 Å². The van der Waals surface area contributed by atoms with Crippen molar-refractivity contribution >= 4 is 42.7 Å². The zero-order valence-electron chi connectivity index (χ0n) is 10.4. The Kier molecular flexibility index (Phi) is 3.82. The van der Waals surface area contributed by atoms with Gasteiger partial charge >= 0.3 is 126 Å². The predicted molar refractivity (Wildman–Crippen MR) is 74.8 cm³/mol. The molecule has 0 radical (unpaired) electrons. The van der Waals surface area contributed by atoms with Crippen molar-refractivity contribution in [2.45, 2.75) is 17.7 Å². The van der Waals surface area contributed by atoms with Gasteiger partial charge in [-0.15, -0.1) is 0 Å². The van der Waals surface area contributed by atoms with Crippen LogP contribution in [0.3, 0.4) is 0 Å². The van der Waals surface area contributed by atoms with E-state index in [4.69, 9.17) is 5.26 Å². The molecule has 1 aromatic rings. The number of nitriles is 1. The van der Waals surface area contributed by atoms with Gasteiger partial charge in [-0.2, -0.15) is 0 Å². The number of carbonyl (C=O) groups is 2. The summed E-state index contributed by atoms with van der Waals surface area (Å²) < 4.78 is 0.685. The Bertz CT molecular complexity index is 611. The van der Waals surface area contributed by atoms with E-state index in [0.29, 0.717) is 20.9 Å². The van der Waals surface area contributed by atoms with Crippen molar-refractivity contribution in [3.05, 3.63) is 33.8 Å². The van der Waals surface area contributed by atoms with Crippen molar-refractivity contribution in [1.29, 1.82) is 5.26 Å². The summed E-state index contributed by atoms with van der Waals surface area (Å²) >= 11 is 3.08. The van der Waals surface area contributed by atoms with Crippen LogP contribution in [0.5, 0.6) is 0 Å². The van der Waals surface area contributed by atoms with Crippen LogP contribution < -0.4 is 0 Å². The molecule has 0 saturated heterocycles. The number of hydrogen-bond donors (Lipinski definition) is 0. The van der Waals surface area contributed by atoms with Gasteiger partial charge in [0.05, 0.1) is 0 Å². The Morgan fingerprint density at radius 2 is 2.16 bits per heavy atom. The average molecular weight is 386 g/mol. The fourth-order valence-corrected chi connectivity index (χ4v) is 4.12. The van der Waals surface area contributed by atoms with Gasteiger partial charge < -0.3 is 0 Å². The second-order valence-electron chi connectivity index (χ2n) is 4.54. The van der Waals surface area contributed by atoms with Crippen LogP contribution in [0.2, 0.25) is 5.32 Å². The van der Waals surface area contributed by atoms with E-state index in [2.05, 4.69) is 20.9 Å². The van der Waals surface area contributed by atoms with Gasteiger partial charge in [0.1, 0.15) is 0 Å². The topological polar surface area (TPSA) is 61.2 Å². The first-order chi connectivity index (χ1) is 8.93. The maximum absolute atomic E-state index is 12.4. The fraction of sp³-hybridized carbons (Fsp3) is 0.308. The van der Waals surface area contributed by atoms with Gasteiger partial charge in [0.2, 0.25) is 0 Å². The van der Waals surface area contributed by atoms with Gasteiger partial charge in [0.15, 0.2) is 0 Å². The van der Waals surface area contributed by atoms with Crippen LogP contribution in [0.25, 0.3) is 0 Å². The Labute approximate surface area is 126 Å². The first-order valence-corrected chi connectivity index (χ1v) is 8.42. The number of amides is 2. The molecule has 1 atom stereocenters. The van der Waals surface area contributed by atoms with Crippen molar-refractivity contribution in [3.63, 3.8) is 0 Å². The van der Waals surface area contributed by atoms with E-state index in [9.17, 15) is 9.59 Å². The number of fused-ring (bicyclic) bond motifs is 1. The zero-order valence-corrected chi connectivity index (χ0v) is 13.7. The third-order valence-electron chi connectivity index (χ3n) is 3.33. The summed E-state index contributed by atoms with van der Waals surface area (Å²) in [4.78, 5) is 27.9. The fourth-order valence-electron chi connectivity index (χ4n) is 2.26. The van der Waals surface area contributed by atoms with E-state index in [1.807, 2.05) is 13.0 Å². The SMILES string of the molecule is CN1C(=O)c2c(Br)cccc2C(C)(C[Se]C#N)C1=O. The molecule has 0 aliphatic carbocycles. The molecule has 1 aliphatic rings. The minimum absolute atomic E-state index is 0.236. The molecule has 6 heteroatoms. The Hall–Kier alpha value is -1.15. The number of halogens is 1. The van der Waals surface area contributed by atoms with Crippen LogP contribution in [-0.2, 0) is 10.2 Å². The van der Waals surface area contributed by atoms with E-state index < -0.39 is 5.41 Å². The summed E-state index contributed by atoms with van der Waals surface area (Å²) in [7, 11) is 1.49. The van der Waals surface area contributed by atoms with Crippen LogP contribution in [0, 0.1) is 10.2 Å². The molecule has 2 rings (SSSR count). The zero-order chi connectivity index (χ0) is 14.2. The van der Waals surface area contributed by atoms with Crippen molar-refractivity contribution in [2.24, 2.45) is 0 Å². The number of likely N-dealkylation sites (N-methyl/N-ethyl adjacent to an activating group) is 1. The van der Waals surface area contributed by atoms with E-state index in [0.717, 1.165) is 4.90 Å². The molecule has 98 valence electrons. The van der Waals surface area contributed by atoms with Crippen molar-refractivity contribution in [1.82, 2.24) is 4.90 Å². The quantitative estimate of drug-likeness (QED) is 0.577. The Morgan fingerprint density at radius 1 is 1.47 bits per heavy atom. The van der Waals surface area contributed by atoms with Crippen molar-refractivity contribution in [2.75, 3.05) is 7.05 Å². The van der Waals surface area contributed by atoms with Crippen LogP contribution in [0.15, 0.2) is 22.7 Å². The molecule has 0 fully saturated rings. The monoisotopic (exact) mass is 386 g/mol. The second-order valence-corrected chi connectivity index (χ2v) is 6.99. The van der Waals surface area contributed by atoms with Crippen LogP contribution in [0.4, 0.5) is 0 Å². The van der Waals surface area contributed by atoms with Crippen LogP contribution >= 0.6 is 15.9 Å². The van der Waals surface area contributed by atoms with Crippen molar-refractivity contribution < 1.29 is 9.59 Å². The average Bonchev–Trinajstić information content (AvgIpc) is 2.40. The number of benzene rings is 1. The number of carbonyl (C=O) groups excluding carboxylic acids is 2. The van der Waals surface area contributed by atoms with E-state index in [-0.39, 0.29) is 26.8 Å². The molecule has 4 nitrogen and oxygen atoms in total.